The first-order chi connectivity index (χ1) is 9.83. The Morgan fingerprint density at radius 3 is 2.62 bits per heavy atom. The summed E-state index contributed by atoms with van der Waals surface area (Å²) in [6, 6.07) is 10.0. The van der Waals surface area contributed by atoms with E-state index in [2.05, 4.69) is 0 Å². The third-order valence-corrected chi connectivity index (χ3v) is 4.88. The van der Waals surface area contributed by atoms with Crippen LogP contribution in [-0.4, -0.2) is 8.42 Å². The second-order valence-corrected chi connectivity index (χ2v) is 6.67. The Morgan fingerprint density at radius 1 is 1.24 bits per heavy atom. The highest BCUT2D eigenvalue weighted by Gasteiger charge is 2.19. The number of hydrogen-bond donors (Lipinski definition) is 1. The Labute approximate surface area is 122 Å². The summed E-state index contributed by atoms with van der Waals surface area (Å²) >= 11 is 0. The summed E-state index contributed by atoms with van der Waals surface area (Å²) in [6.07, 6.45) is 0. The summed E-state index contributed by atoms with van der Waals surface area (Å²) in [4.78, 5) is 0.144. The first-order valence-electron chi connectivity index (χ1n) is 6.11. The molecule has 108 valence electrons. The molecule has 0 aliphatic carbocycles. The largest absolute Gasteiger partial charge is 0.399 e. The molecule has 2 N–H and O–H groups in total. The minimum atomic E-state index is -3.62. The van der Waals surface area contributed by atoms with Gasteiger partial charge in [-0.1, -0.05) is 12.1 Å². The van der Waals surface area contributed by atoms with Gasteiger partial charge in [-0.15, -0.1) is 0 Å². The number of nitrogens with zero attached hydrogens (tertiary/aromatic N) is 1. The lowest BCUT2D eigenvalue weighted by Gasteiger charge is -2.09. The maximum absolute atomic E-state index is 13.3. The van der Waals surface area contributed by atoms with Gasteiger partial charge >= 0.3 is 0 Å². The summed E-state index contributed by atoms with van der Waals surface area (Å²) in [5.41, 5.74) is 6.76. The van der Waals surface area contributed by atoms with E-state index in [4.69, 9.17) is 11.0 Å². The molecular formula is C15H13FN2O2S. The lowest BCUT2D eigenvalue weighted by molar-refractivity contribution is 0.594. The number of nitriles is 1. The van der Waals surface area contributed by atoms with Crippen molar-refractivity contribution in [3.05, 3.63) is 58.9 Å². The highest BCUT2D eigenvalue weighted by atomic mass is 32.2. The number of nitrogens with two attached hydrogens (primary N) is 1. The topological polar surface area (TPSA) is 84.0 Å². The van der Waals surface area contributed by atoms with Gasteiger partial charge < -0.3 is 5.73 Å². The maximum atomic E-state index is 13.3. The Balaban J connectivity index is 2.43. The van der Waals surface area contributed by atoms with Crippen molar-refractivity contribution in [3.8, 4) is 6.07 Å². The zero-order valence-corrected chi connectivity index (χ0v) is 12.1. The Kier molecular flexibility index (Phi) is 3.96. The fourth-order valence-electron chi connectivity index (χ4n) is 2.00. The van der Waals surface area contributed by atoms with Crippen LogP contribution in [0.1, 0.15) is 16.7 Å². The van der Waals surface area contributed by atoms with E-state index in [0.717, 1.165) is 6.07 Å². The predicted octanol–water partition coefficient (Wildman–Crippen LogP) is 2.56. The number of nitrogen functional groups attached to an aromatic ring is 1. The van der Waals surface area contributed by atoms with Gasteiger partial charge in [0.1, 0.15) is 11.9 Å². The van der Waals surface area contributed by atoms with Crippen molar-refractivity contribution >= 4 is 15.5 Å². The van der Waals surface area contributed by atoms with Crippen LogP contribution >= 0.6 is 0 Å². The summed E-state index contributed by atoms with van der Waals surface area (Å²) in [6.45, 7) is 1.68. The first kappa shape index (κ1) is 15.0. The molecule has 6 heteroatoms. The molecule has 0 saturated carbocycles. The Morgan fingerprint density at radius 2 is 1.95 bits per heavy atom. The smallest absolute Gasteiger partial charge is 0.182 e. The van der Waals surface area contributed by atoms with Crippen molar-refractivity contribution in [1.82, 2.24) is 0 Å². The van der Waals surface area contributed by atoms with E-state index in [0.29, 0.717) is 16.8 Å². The van der Waals surface area contributed by atoms with Gasteiger partial charge in [-0.25, -0.2) is 12.8 Å². The molecule has 0 aliphatic rings. The van der Waals surface area contributed by atoms with Crippen molar-refractivity contribution < 1.29 is 12.8 Å². The summed E-state index contributed by atoms with van der Waals surface area (Å²) in [5.74, 6) is -0.981. The molecule has 2 aromatic carbocycles. The molecule has 0 atom stereocenters. The molecule has 0 heterocycles. The van der Waals surface area contributed by atoms with Gasteiger partial charge in [0, 0.05) is 5.69 Å². The third-order valence-electron chi connectivity index (χ3n) is 3.06. The number of sulfone groups is 1. The molecule has 0 spiro atoms. The Bertz CT molecular complexity index is 839. The quantitative estimate of drug-likeness (QED) is 0.883. The second kappa shape index (κ2) is 5.54. The highest BCUT2D eigenvalue weighted by Crippen LogP contribution is 2.23. The van der Waals surface area contributed by atoms with Gasteiger partial charge in [-0.2, -0.15) is 5.26 Å². The van der Waals surface area contributed by atoms with Crippen molar-refractivity contribution in [2.45, 2.75) is 17.6 Å². The lowest BCUT2D eigenvalue weighted by Crippen LogP contribution is -2.08. The van der Waals surface area contributed by atoms with E-state index in [1.165, 1.54) is 18.2 Å². The number of rotatable bonds is 3. The van der Waals surface area contributed by atoms with E-state index in [1.54, 1.807) is 25.1 Å². The van der Waals surface area contributed by atoms with Crippen LogP contribution in [0, 0.1) is 24.1 Å². The van der Waals surface area contributed by atoms with Crippen molar-refractivity contribution in [2.75, 3.05) is 5.73 Å². The second-order valence-electron chi connectivity index (χ2n) is 4.71. The number of aryl methyl sites for hydroxylation is 1. The van der Waals surface area contributed by atoms with Crippen LogP contribution in [0.2, 0.25) is 0 Å². The van der Waals surface area contributed by atoms with Gasteiger partial charge in [0.2, 0.25) is 0 Å². The molecule has 0 aromatic heterocycles. The van der Waals surface area contributed by atoms with Crippen molar-refractivity contribution in [2.24, 2.45) is 0 Å². The Hall–Kier alpha value is -2.39. The van der Waals surface area contributed by atoms with Gasteiger partial charge in [0.05, 0.1) is 16.2 Å². The number of halogens is 1. The van der Waals surface area contributed by atoms with Crippen molar-refractivity contribution in [1.29, 1.82) is 5.26 Å². The molecular weight excluding hydrogens is 291 g/mol. The van der Waals surface area contributed by atoms with Crippen LogP contribution in [0.3, 0.4) is 0 Å². The molecule has 4 nitrogen and oxygen atoms in total. The molecule has 0 unspecified atom stereocenters. The summed E-state index contributed by atoms with van der Waals surface area (Å²) < 4.78 is 38.1. The molecule has 0 fully saturated rings. The zero-order chi connectivity index (χ0) is 15.6. The normalized spacial score (nSPS) is 11.1. The molecule has 2 aromatic rings. The summed E-state index contributed by atoms with van der Waals surface area (Å²) in [7, 11) is -3.62. The monoisotopic (exact) mass is 304 g/mol. The van der Waals surface area contributed by atoms with Crippen LogP contribution < -0.4 is 5.73 Å². The maximum Gasteiger partial charge on any atom is 0.182 e. The third kappa shape index (κ3) is 3.20. The van der Waals surface area contributed by atoms with E-state index in [9.17, 15) is 12.8 Å². The van der Waals surface area contributed by atoms with E-state index in [-0.39, 0.29) is 16.2 Å². The number of anilines is 1. The molecule has 0 amide bonds. The van der Waals surface area contributed by atoms with Crippen LogP contribution in [0.4, 0.5) is 10.1 Å². The van der Waals surface area contributed by atoms with Crippen LogP contribution in [0.25, 0.3) is 0 Å². The average Bonchev–Trinajstić information content (AvgIpc) is 2.43. The van der Waals surface area contributed by atoms with Gasteiger partial charge in [0.15, 0.2) is 9.84 Å². The predicted molar refractivity (Wildman–Crippen MR) is 77.6 cm³/mol. The van der Waals surface area contributed by atoms with E-state index < -0.39 is 15.7 Å². The molecule has 0 bridgehead atoms. The standard InChI is InChI=1S/C15H13FN2O2S/c1-10-2-4-13(18)7-15(10)21(19,20)9-11-3-5-14(16)12(6-11)8-17/h2-7H,9,18H2,1H3. The first-order valence-corrected chi connectivity index (χ1v) is 7.76. The number of hydrogen-bond acceptors (Lipinski definition) is 4. The van der Waals surface area contributed by atoms with Crippen LogP contribution in [0.5, 0.6) is 0 Å². The molecule has 21 heavy (non-hydrogen) atoms. The van der Waals surface area contributed by atoms with Crippen molar-refractivity contribution in [3.63, 3.8) is 0 Å². The minimum Gasteiger partial charge on any atom is -0.399 e. The van der Waals surface area contributed by atoms with Gasteiger partial charge in [-0.3, -0.25) is 0 Å². The minimum absolute atomic E-state index is 0.144. The van der Waals surface area contributed by atoms with E-state index >= 15 is 0 Å². The van der Waals surface area contributed by atoms with Gasteiger partial charge in [-0.05, 0) is 42.3 Å². The van der Waals surface area contributed by atoms with Gasteiger partial charge in [0.25, 0.3) is 0 Å². The fourth-order valence-corrected chi connectivity index (χ4v) is 3.64. The number of benzene rings is 2. The van der Waals surface area contributed by atoms with Crippen LogP contribution in [-0.2, 0) is 15.6 Å². The summed E-state index contributed by atoms with van der Waals surface area (Å²) in [5, 5.41) is 8.78. The molecule has 0 radical (unpaired) electrons. The zero-order valence-electron chi connectivity index (χ0n) is 11.3. The average molecular weight is 304 g/mol. The lowest BCUT2D eigenvalue weighted by atomic mass is 10.1. The van der Waals surface area contributed by atoms with Crippen LogP contribution in [0.15, 0.2) is 41.3 Å². The SMILES string of the molecule is Cc1ccc(N)cc1S(=O)(=O)Cc1ccc(F)c(C#N)c1. The molecule has 2 rings (SSSR count). The molecule has 0 saturated heterocycles. The highest BCUT2D eigenvalue weighted by molar-refractivity contribution is 7.90. The fraction of sp³-hybridized carbons (Fsp3) is 0.133. The van der Waals surface area contributed by atoms with E-state index in [1.807, 2.05) is 0 Å². The molecule has 0 aliphatic heterocycles.